The van der Waals surface area contributed by atoms with Crippen molar-refractivity contribution in [2.75, 3.05) is 9.80 Å². The van der Waals surface area contributed by atoms with E-state index in [0.717, 1.165) is 22.7 Å². The number of rotatable bonds is 7. The lowest BCUT2D eigenvalue weighted by atomic mass is 9.99. The van der Waals surface area contributed by atoms with E-state index in [4.69, 9.17) is 0 Å². The molecule has 0 unspecified atom stereocenters. The Hall–Kier alpha value is -7.68. The van der Waals surface area contributed by atoms with Gasteiger partial charge in [0.05, 0.1) is 11.4 Å². The Morgan fingerprint density at radius 3 is 0.897 bits per heavy atom. The van der Waals surface area contributed by atoms with Crippen molar-refractivity contribution in [2.45, 2.75) is 0 Å². The maximum atomic E-state index is 2.40. The van der Waals surface area contributed by atoms with Crippen LogP contribution in [0.2, 0.25) is 0 Å². The summed E-state index contributed by atoms with van der Waals surface area (Å²) in [5.74, 6) is 0. The molecule has 2 heteroatoms. The Morgan fingerprint density at radius 1 is 0.207 bits per heavy atom. The third-order valence-electron chi connectivity index (χ3n) is 12.1. The van der Waals surface area contributed by atoms with Gasteiger partial charge in [-0.1, -0.05) is 158 Å². The molecule has 0 saturated heterocycles. The molecule has 2 aliphatic carbocycles. The fourth-order valence-electron chi connectivity index (χ4n) is 9.59. The maximum absolute atomic E-state index is 2.40. The van der Waals surface area contributed by atoms with E-state index in [9.17, 15) is 0 Å². The summed E-state index contributed by atoms with van der Waals surface area (Å²) in [6.45, 7) is 0. The molecule has 0 spiro atoms. The zero-order valence-corrected chi connectivity index (χ0v) is 31.7. The molecule has 0 N–H and O–H groups in total. The van der Waals surface area contributed by atoms with Crippen LogP contribution < -0.4 is 9.80 Å². The van der Waals surface area contributed by atoms with Crippen molar-refractivity contribution in [2.24, 2.45) is 0 Å². The lowest BCUT2D eigenvalue weighted by molar-refractivity contribution is 1.29. The molecule has 0 fully saturated rings. The van der Waals surface area contributed by atoms with Crippen LogP contribution in [0.5, 0.6) is 0 Å². The minimum Gasteiger partial charge on any atom is -0.310 e. The van der Waals surface area contributed by atoms with Gasteiger partial charge in [0, 0.05) is 33.5 Å². The molecule has 0 amide bonds. The number of anilines is 6. The Bertz CT molecular complexity index is 2920. The van der Waals surface area contributed by atoms with Crippen molar-refractivity contribution in [3.05, 3.63) is 218 Å². The smallest absolute Gasteiger partial charge is 0.0540 e. The van der Waals surface area contributed by atoms with E-state index in [2.05, 4.69) is 228 Å². The Balaban J connectivity index is 0.922. The van der Waals surface area contributed by atoms with Gasteiger partial charge in [-0.3, -0.25) is 0 Å². The zero-order chi connectivity index (χ0) is 38.2. The molecule has 58 heavy (non-hydrogen) atoms. The minimum absolute atomic E-state index is 1.12. The largest absolute Gasteiger partial charge is 0.310 e. The van der Waals surface area contributed by atoms with Crippen molar-refractivity contribution in [3.63, 3.8) is 0 Å². The first-order valence-corrected chi connectivity index (χ1v) is 20.0. The highest BCUT2D eigenvalue weighted by atomic mass is 15.1. The summed E-state index contributed by atoms with van der Waals surface area (Å²) >= 11 is 0. The van der Waals surface area contributed by atoms with Gasteiger partial charge >= 0.3 is 0 Å². The summed E-state index contributed by atoms with van der Waals surface area (Å²) in [6, 6.07) is 79.7. The molecule has 0 aliphatic heterocycles. The number of fused-ring (bicyclic) bond motifs is 6. The van der Waals surface area contributed by atoms with Gasteiger partial charge < -0.3 is 9.80 Å². The van der Waals surface area contributed by atoms with Gasteiger partial charge in [-0.25, -0.2) is 0 Å². The van der Waals surface area contributed by atoms with Crippen LogP contribution in [0.4, 0.5) is 34.1 Å². The maximum Gasteiger partial charge on any atom is 0.0540 e. The van der Waals surface area contributed by atoms with Crippen LogP contribution in [-0.4, -0.2) is 0 Å². The molecule has 0 radical (unpaired) electrons. The van der Waals surface area contributed by atoms with E-state index in [0.29, 0.717) is 0 Å². The average molecular weight is 737 g/mol. The van der Waals surface area contributed by atoms with Crippen LogP contribution in [0.1, 0.15) is 0 Å². The minimum atomic E-state index is 1.12. The SMILES string of the molecule is c1ccc(N(c2ccc(-c3ccc(N(c4ccccc4)c4ccc5c6c(cccc46)-c4ccccc4-5)cc3)cc2)c2ccc3c4c(cccc24)-c2ccccc2-3)cc1. The van der Waals surface area contributed by atoms with Crippen molar-refractivity contribution < 1.29 is 0 Å². The molecule has 10 aromatic rings. The molecule has 10 aromatic carbocycles. The first kappa shape index (κ1) is 32.6. The molecular weight excluding hydrogens is 701 g/mol. The normalized spacial score (nSPS) is 11.8. The van der Waals surface area contributed by atoms with Gasteiger partial charge in [0.15, 0.2) is 0 Å². The van der Waals surface area contributed by atoms with Gasteiger partial charge in [0.25, 0.3) is 0 Å². The molecule has 0 saturated carbocycles. The van der Waals surface area contributed by atoms with Gasteiger partial charge in [-0.2, -0.15) is 0 Å². The van der Waals surface area contributed by atoms with Crippen molar-refractivity contribution in [3.8, 4) is 55.6 Å². The number of hydrogen-bond acceptors (Lipinski definition) is 2. The third-order valence-corrected chi connectivity index (χ3v) is 12.1. The van der Waals surface area contributed by atoms with E-state index in [1.807, 2.05) is 0 Å². The van der Waals surface area contributed by atoms with Crippen LogP contribution in [-0.2, 0) is 0 Å². The summed E-state index contributed by atoms with van der Waals surface area (Å²) < 4.78 is 0. The highest BCUT2D eigenvalue weighted by Crippen LogP contribution is 2.52. The van der Waals surface area contributed by atoms with Crippen LogP contribution in [0.15, 0.2) is 218 Å². The predicted molar refractivity (Wildman–Crippen MR) is 245 cm³/mol. The lowest BCUT2D eigenvalue weighted by Crippen LogP contribution is -2.10. The van der Waals surface area contributed by atoms with Gasteiger partial charge in [-0.05, 0) is 127 Å². The van der Waals surface area contributed by atoms with Gasteiger partial charge in [-0.15, -0.1) is 0 Å². The number of hydrogen-bond donors (Lipinski definition) is 0. The van der Waals surface area contributed by atoms with E-state index in [1.165, 1.54) is 88.6 Å². The fraction of sp³-hybridized carbons (Fsp3) is 0. The second kappa shape index (κ2) is 12.9. The second-order valence-electron chi connectivity index (χ2n) is 15.2. The second-order valence-corrected chi connectivity index (χ2v) is 15.2. The highest BCUT2D eigenvalue weighted by Gasteiger charge is 2.26. The van der Waals surface area contributed by atoms with E-state index >= 15 is 0 Å². The van der Waals surface area contributed by atoms with Crippen molar-refractivity contribution in [1.29, 1.82) is 0 Å². The quantitative estimate of drug-likeness (QED) is 0.161. The van der Waals surface area contributed by atoms with E-state index in [1.54, 1.807) is 0 Å². The summed E-state index contributed by atoms with van der Waals surface area (Å²) in [7, 11) is 0. The zero-order valence-electron chi connectivity index (χ0n) is 31.7. The van der Waals surface area contributed by atoms with E-state index in [-0.39, 0.29) is 0 Å². The predicted octanol–water partition coefficient (Wildman–Crippen LogP) is 15.9. The monoisotopic (exact) mass is 736 g/mol. The number of benzene rings is 10. The molecule has 12 rings (SSSR count). The molecule has 0 atom stereocenters. The standard InChI is InChI=1S/C56H36N2/c1-3-13-39(14-4-1)57(53-35-33-49-45-19-9-7-17-43(45)47-21-11-23-51(53)55(47)49)41-29-25-37(26-30-41)38-27-31-42(32-28-38)58(40-15-5-2-6-16-40)54-36-34-50-46-20-10-8-18-44(46)48-22-12-24-52(54)56(48)50/h1-36H. The first-order valence-electron chi connectivity index (χ1n) is 20.0. The summed E-state index contributed by atoms with van der Waals surface area (Å²) in [5.41, 5.74) is 19.7. The third kappa shape index (κ3) is 4.92. The molecule has 2 aliphatic rings. The summed E-state index contributed by atoms with van der Waals surface area (Å²) in [4.78, 5) is 4.79. The lowest BCUT2D eigenvalue weighted by Gasteiger charge is -2.28. The van der Waals surface area contributed by atoms with Gasteiger partial charge in [0.1, 0.15) is 0 Å². The average Bonchev–Trinajstić information content (AvgIpc) is 3.81. The topological polar surface area (TPSA) is 6.48 Å². The molecule has 2 nitrogen and oxygen atoms in total. The number of nitrogens with zero attached hydrogens (tertiary/aromatic N) is 2. The molecular formula is C56H36N2. The van der Waals surface area contributed by atoms with E-state index < -0.39 is 0 Å². The summed E-state index contributed by atoms with van der Waals surface area (Å²) in [6.07, 6.45) is 0. The van der Waals surface area contributed by atoms with Crippen LogP contribution >= 0.6 is 0 Å². The molecule has 0 bridgehead atoms. The Labute approximate surface area is 338 Å². The first-order chi connectivity index (χ1) is 28.8. The summed E-state index contributed by atoms with van der Waals surface area (Å²) in [5, 5.41) is 5.15. The Morgan fingerprint density at radius 2 is 0.517 bits per heavy atom. The van der Waals surface area contributed by atoms with Crippen LogP contribution in [0.25, 0.3) is 77.2 Å². The Kier molecular flexibility index (Phi) is 7.26. The van der Waals surface area contributed by atoms with Crippen molar-refractivity contribution >= 4 is 55.7 Å². The van der Waals surface area contributed by atoms with Crippen LogP contribution in [0.3, 0.4) is 0 Å². The molecule has 0 aromatic heterocycles. The van der Waals surface area contributed by atoms with Crippen LogP contribution in [0, 0.1) is 0 Å². The van der Waals surface area contributed by atoms with Gasteiger partial charge in [0.2, 0.25) is 0 Å². The van der Waals surface area contributed by atoms with Crippen molar-refractivity contribution in [1.82, 2.24) is 0 Å². The molecule has 270 valence electrons. The fourth-order valence-corrected chi connectivity index (χ4v) is 9.59. The highest BCUT2D eigenvalue weighted by molar-refractivity contribution is 6.20. The number of para-hydroxylation sites is 2. The molecule has 0 heterocycles.